The highest BCUT2D eigenvalue weighted by molar-refractivity contribution is 7.71. The van der Waals surface area contributed by atoms with Gasteiger partial charge in [-0.3, -0.25) is 18.7 Å². The van der Waals surface area contributed by atoms with Crippen LogP contribution in [0, 0.1) is 4.77 Å². The summed E-state index contributed by atoms with van der Waals surface area (Å²) in [5, 5.41) is 5.46. The summed E-state index contributed by atoms with van der Waals surface area (Å²) in [4.78, 5) is 15.4. The third kappa shape index (κ3) is 3.61. The Hall–Kier alpha value is -3.17. The van der Waals surface area contributed by atoms with Crippen LogP contribution in [0.1, 0.15) is 24.5 Å². The van der Waals surface area contributed by atoms with E-state index >= 15 is 0 Å². The minimum atomic E-state index is -0.0277. The molecule has 0 saturated heterocycles. The Bertz CT molecular complexity index is 1470. The van der Waals surface area contributed by atoms with E-state index < -0.39 is 0 Å². The van der Waals surface area contributed by atoms with Gasteiger partial charge in [-0.2, -0.15) is 0 Å². The van der Waals surface area contributed by atoms with Gasteiger partial charge in [-0.05, 0) is 60.5 Å². The normalized spacial score (nSPS) is 14.0. The Morgan fingerprint density at radius 3 is 2.55 bits per heavy atom. The van der Waals surface area contributed by atoms with Crippen LogP contribution in [0.2, 0.25) is 0 Å². The number of hydrogen-bond acceptors (Lipinski definition) is 6. The summed E-state index contributed by atoms with van der Waals surface area (Å²) in [7, 11) is 3.31. The number of methoxy groups -OCH3 is 2. The Morgan fingerprint density at radius 2 is 1.82 bits per heavy atom. The molecule has 0 fully saturated rings. The maximum absolute atomic E-state index is 13.1. The standard InChI is InChI=1S/C24H27N5O3S/c1-4-10-27-22(30)18-7-5-6-8-19(18)29-23(27)25-28(24(29)33)15-26-11-9-16-12-20(31-2)21(32-3)13-17(16)14-26/h5-8,12-13H,4,9-11,14-15H2,1-3H3. The summed E-state index contributed by atoms with van der Waals surface area (Å²) in [5.74, 6) is 2.08. The summed E-state index contributed by atoms with van der Waals surface area (Å²) in [6.45, 7) is 4.83. The maximum Gasteiger partial charge on any atom is 0.262 e. The van der Waals surface area contributed by atoms with E-state index in [1.807, 2.05) is 33.3 Å². The van der Waals surface area contributed by atoms with Crippen molar-refractivity contribution in [3.05, 3.63) is 62.6 Å². The second kappa shape index (κ2) is 8.64. The molecular weight excluding hydrogens is 438 g/mol. The first kappa shape index (κ1) is 21.7. The number of hydrogen-bond donors (Lipinski definition) is 0. The molecule has 4 aromatic rings. The molecule has 2 aromatic carbocycles. The molecule has 0 radical (unpaired) electrons. The van der Waals surface area contributed by atoms with Gasteiger partial charge in [-0.15, -0.1) is 5.10 Å². The molecule has 33 heavy (non-hydrogen) atoms. The number of fused-ring (bicyclic) bond motifs is 4. The summed E-state index contributed by atoms with van der Waals surface area (Å²) in [6.07, 6.45) is 1.74. The van der Waals surface area contributed by atoms with Gasteiger partial charge < -0.3 is 9.47 Å². The van der Waals surface area contributed by atoms with Crippen molar-refractivity contribution in [3.63, 3.8) is 0 Å². The lowest BCUT2D eigenvalue weighted by molar-refractivity contribution is 0.188. The molecule has 1 aliphatic heterocycles. The summed E-state index contributed by atoms with van der Waals surface area (Å²) < 4.78 is 17.0. The summed E-state index contributed by atoms with van der Waals surface area (Å²) in [5.41, 5.74) is 3.25. The largest absolute Gasteiger partial charge is 0.493 e. The van der Waals surface area contributed by atoms with Gasteiger partial charge in [-0.1, -0.05) is 19.1 Å². The fraction of sp³-hybridized carbons (Fsp3) is 0.375. The molecule has 8 nitrogen and oxygen atoms in total. The van der Waals surface area contributed by atoms with Crippen molar-refractivity contribution in [2.24, 2.45) is 0 Å². The van der Waals surface area contributed by atoms with Gasteiger partial charge >= 0.3 is 0 Å². The van der Waals surface area contributed by atoms with Crippen LogP contribution in [0.3, 0.4) is 0 Å². The highest BCUT2D eigenvalue weighted by atomic mass is 32.1. The van der Waals surface area contributed by atoms with Crippen molar-refractivity contribution in [1.82, 2.24) is 23.6 Å². The molecule has 5 rings (SSSR count). The number of ether oxygens (including phenoxy) is 2. The van der Waals surface area contributed by atoms with E-state index in [0.717, 1.165) is 42.9 Å². The third-order valence-corrected chi connectivity index (χ3v) is 6.66. The van der Waals surface area contributed by atoms with E-state index in [0.29, 0.717) is 29.1 Å². The number of para-hydroxylation sites is 1. The van der Waals surface area contributed by atoms with Gasteiger partial charge in [0.1, 0.15) is 0 Å². The van der Waals surface area contributed by atoms with Crippen molar-refractivity contribution in [1.29, 1.82) is 0 Å². The van der Waals surface area contributed by atoms with Crippen LogP contribution in [0.25, 0.3) is 16.7 Å². The maximum atomic E-state index is 13.1. The van der Waals surface area contributed by atoms with Gasteiger partial charge in [0.25, 0.3) is 5.56 Å². The molecule has 9 heteroatoms. The Balaban J connectivity index is 1.55. The SMILES string of the molecule is CCCn1c(=O)c2ccccc2n2c(=S)n(CN3CCc4cc(OC)c(OC)cc4C3)nc12. The Kier molecular flexibility index (Phi) is 5.67. The van der Waals surface area contributed by atoms with E-state index in [1.54, 1.807) is 18.8 Å². The molecule has 0 atom stereocenters. The number of rotatable bonds is 6. The van der Waals surface area contributed by atoms with Crippen molar-refractivity contribution in [2.45, 2.75) is 39.5 Å². The molecule has 3 heterocycles. The zero-order chi connectivity index (χ0) is 23.1. The fourth-order valence-corrected chi connectivity index (χ4v) is 4.92. The van der Waals surface area contributed by atoms with Gasteiger partial charge in [0, 0.05) is 19.6 Å². The molecule has 0 N–H and O–H groups in total. The molecule has 0 spiro atoms. The monoisotopic (exact) mass is 465 g/mol. The zero-order valence-electron chi connectivity index (χ0n) is 19.1. The van der Waals surface area contributed by atoms with E-state index in [2.05, 4.69) is 24.0 Å². The average Bonchev–Trinajstić information content (AvgIpc) is 3.16. The van der Waals surface area contributed by atoms with Crippen LogP contribution in [0.4, 0.5) is 0 Å². The highest BCUT2D eigenvalue weighted by Gasteiger charge is 2.21. The molecule has 0 saturated carbocycles. The number of aromatic nitrogens is 4. The first-order valence-electron chi connectivity index (χ1n) is 11.1. The molecule has 1 aliphatic rings. The quantitative estimate of drug-likeness (QED) is 0.405. The first-order chi connectivity index (χ1) is 16.0. The molecule has 0 bridgehead atoms. The highest BCUT2D eigenvalue weighted by Crippen LogP contribution is 2.33. The van der Waals surface area contributed by atoms with Gasteiger partial charge in [0.15, 0.2) is 11.5 Å². The smallest absolute Gasteiger partial charge is 0.262 e. The Labute approximate surface area is 196 Å². The van der Waals surface area contributed by atoms with Crippen LogP contribution < -0.4 is 15.0 Å². The summed E-state index contributed by atoms with van der Waals surface area (Å²) >= 11 is 5.85. The zero-order valence-corrected chi connectivity index (χ0v) is 19.9. The molecule has 172 valence electrons. The lowest BCUT2D eigenvalue weighted by Crippen LogP contribution is -2.32. The lowest BCUT2D eigenvalue weighted by atomic mass is 9.99. The van der Waals surface area contributed by atoms with Crippen molar-refractivity contribution in [3.8, 4) is 11.5 Å². The number of aryl methyl sites for hydroxylation is 1. The van der Waals surface area contributed by atoms with E-state index in [1.165, 1.54) is 11.1 Å². The predicted octanol–water partition coefficient (Wildman–Crippen LogP) is 3.62. The molecular formula is C24H27N5O3S. The molecule has 0 unspecified atom stereocenters. The third-order valence-electron chi connectivity index (χ3n) is 6.26. The predicted molar refractivity (Wildman–Crippen MR) is 130 cm³/mol. The van der Waals surface area contributed by atoms with E-state index in [9.17, 15) is 4.79 Å². The van der Waals surface area contributed by atoms with Crippen LogP contribution in [0.5, 0.6) is 11.5 Å². The van der Waals surface area contributed by atoms with Gasteiger partial charge in [-0.25, -0.2) is 4.68 Å². The van der Waals surface area contributed by atoms with E-state index in [-0.39, 0.29) is 5.56 Å². The van der Waals surface area contributed by atoms with Crippen LogP contribution in [-0.4, -0.2) is 44.4 Å². The molecule has 0 aliphatic carbocycles. The van der Waals surface area contributed by atoms with Gasteiger partial charge in [0.05, 0.1) is 31.8 Å². The topological polar surface area (TPSA) is 65.9 Å². The second-order valence-corrected chi connectivity index (χ2v) is 8.68. The van der Waals surface area contributed by atoms with Crippen molar-refractivity contribution < 1.29 is 9.47 Å². The second-order valence-electron chi connectivity index (χ2n) is 8.31. The molecule has 0 amide bonds. The van der Waals surface area contributed by atoms with Crippen LogP contribution >= 0.6 is 12.2 Å². The first-order valence-corrected chi connectivity index (χ1v) is 11.5. The van der Waals surface area contributed by atoms with Crippen LogP contribution in [-0.2, 0) is 26.2 Å². The average molecular weight is 466 g/mol. The van der Waals surface area contributed by atoms with Gasteiger partial charge in [0.2, 0.25) is 10.5 Å². The summed E-state index contributed by atoms with van der Waals surface area (Å²) in [6, 6.07) is 11.7. The number of benzene rings is 2. The van der Waals surface area contributed by atoms with E-state index in [4.69, 9.17) is 26.8 Å². The lowest BCUT2D eigenvalue weighted by Gasteiger charge is -2.29. The molecule has 2 aromatic heterocycles. The minimum absolute atomic E-state index is 0.0277. The fourth-order valence-electron chi connectivity index (χ4n) is 4.64. The minimum Gasteiger partial charge on any atom is -0.493 e. The van der Waals surface area contributed by atoms with Crippen molar-refractivity contribution >= 4 is 28.9 Å². The van der Waals surface area contributed by atoms with Crippen LogP contribution in [0.15, 0.2) is 41.2 Å². The number of nitrogens with zero attached hydrogens (tertiary/aromatic N) is 5. The van der Waals surface area contributed by atoms with Crippen molar-refractivity contribution in [2.75, 3.05) is 20.8 Å². The Morgan fingerprint density at radius 1 is 1.09 bits per heavy atom.